The van der Waals surface area contributed by atoms with Crippen LogP contribution in [0, 0.1) is 0 Å². The first-order chi connectivity index (χ1) is 5.38. The topological polar surface area (TPSA) is 12.4 Å². The van der Waals surface area contributed by atoms with Gasteiger partial charge in [-0.3, -0.25) is 4.99 Å². The van der Waals surface area contributed by atoms with Crippen LogP contribution in [0.3, 0.4) is 0 Å². The highest BCUT2D eigenvalue weighted by atomic mass is 14.7. The molecule has 56 valence electrons. The zero-order valence-corrected chi connectivity index (χ0v) is 6.67. The molecule has 1 nitrogen and oxygen atoms in total. The standard InChI is InChI=1S/C10H11N/c1-8-10-5-3-2-4-9(10)6-7-11-8/h2-5H,6-7H2,1H3. The number of hydrogen-bond donors (Lipinski definition) is 0. The third-order valence-electron chi connectivity index (χ3n) is 2.14. The van der Waals surface area contributed by atoms with Crippen molar-refractivity contribution in [1.82, 2.24) is 0 Å². The minimum absolute atomic E-state index is 0.961. The predicted octanol–water partition coefficient (Wildman–Crippen LogP) is 2.05. The molecule has 0 unspecified atom stereocenters. The predicted molar refractivity (Wildman–Crippen MR) is 47.2 cm³/mol. The quantitative estimate of drug-likeness (QED) is 0.530. The zero-order chi connectivity index (χ0) is 7.68. The summed E-state index contributed by atoms with van der Waals surface area (Å²) in [7, 11) is 0. The summed E-state index contributed by atoms with van der Waals surface area (Å²) < 4.78 is 0. The molecule has 11 heavy (non-hydrogen) atoms. The van der Waals surface area contributed by atoms with Gasteiger partial charge in [0.25, 0.3) is 0 Å². The molecule has 0 spiro atoms. The van der Waals surface area contributed by atoms with E-state index in [0.29, 0.717) is 0 Å². The minimum Gasteiger partial charge on any atom is -0.289 e. The number of benzene rings is 1. The smallest absolute Gasteiger partial charge is 0.0433 e. The van der Waals surface area contributed by atoms with Crippen molar-refractivity contribution in [2.24, 2.45) is 4.99 Å². The molecule has 0 aromatic heterocycles. The van der Waals surface area contributed by atoms with Gasteiger partial charge in [-0.2, -0.15) is 0 Å². The number of rotatable bonds is 0. The number of fused-ring (bicyclic) bond motifs is 1. The first-order valence-corrected chi connectivity index (χ1v) is 3.97. The molecule has 0 bridgehead atoms. The van der Waals surface area contributed by atoms with Gasteiger partial charge in [0.2, 0.25) is 0 Å². The van der Waals surface area contributed by atoms with Crippen LogP contribution in [0.25, 0.3) is 0 Å². The molecule has 1 heteroatoms. The molecule has 0 N–H and O–H groups in total. The van der Waals surface area contributed by atoms with Crippen molar-refractivity contribution in [2.75, 3.05) is 6.54 Å². The van der Waals surface area contributed by atoms with Crippen molar-refractivity contribution >= 4 is 5.71 Å². The van der Waals surface area contributed by atoms with Crippen LogP contribution in [-0.2, 0) is 6.42 Å². The second-order valence-corrected chi connectivity index (χ2v) is 2.87. The second kappa shape index (κ2) is 2.50. The molecule has 1 aliphatic rings. The summed E-state index contributed by atoms with van der Waals surface area (Å²) >= 11 is 0. The third-order valence-corrected chi connectivity index (χ3v) is 2.14. The Kier molecular flexibility index (Phi) is 1.50. The van der Waals surface area contributed by atoms with Crippen LogP contribution in [0.4, 0.5) is 0 Å². The van der Waals surface area contributed by atoms with E-state index >= 15 is 0 Å². The summed E-state index contributed by atoms with van der Waals surface area (Å²) in [6.45, 7) is 3.04. The third kappa shape index (κ3) is 1.07. The van der Waals surface area contributed by atoms with Gasteiger partial charge in [0.05, 0.1) is 0 Å². The highest BCUT2D eigenvalue weighted by molar-refractivity contribution is 6.00. The average molecular weight is 145 g/mol. The molecule has 1 aliphatic heterocycles. The van der Waals surface area contributed by atoms with Gasteiger partial charge in [0.1, 0.15) is 0 Å². The maximum atomic E-state index is 4.39. The Labute approximate surface area is 66.8 Å². The second-order valence-electron chi connectivity index (χ2n) is 2.87. The van der Waals surface area contributed by atoms with E-state index < -0.39 is 0 Å². The van der Waals surface area contributed by atoms with E-state index in [1.807, 2.05) is 0 Å². The zero-order valence-electron chi connectivity index (χ0n) is 6.67. The van der Waals surface area contributed by atoms with E-state index in [1.54, 1.807) is 0 Å². The fourth-order valence-electron chi connectivity index (χ4n) is 1.52. The van der Waals surface area contributed by atoms with Crippen molar-refractivity contribution < 1.29 is 0 Å². The number of aliphatic imine (C=N–C) groups is 1. The van der Waals surface area contributed by atoms with Crippen LogP contribution in [0.1, 0.15) is 18.1 Å². The Hall–Kier alpha value is -1.11. The molecule has 1 aromatic rings. The summed E-state index contributed by atoms with van der Waals surface area (Å²) in [4.78, 5) is 4.39. The van der Waals surface area contributed by atoms with Crippen molar-refractivity contribution in [3.63, 3.8) is 0 Å². The van der Waals surface area contributed by atoms with E-state index in [0.717, 1.165) is 13.0 Å². The van der Waals surface area contributed by atoms with Gasteiger partial charge in [-0.1, -0.05) is 24.3 Å². The largest absolute Gasteiger partial charge is 0.289 e. The van der Waals surface area contributed by atoms with Gasteiger partial charge in [-0.25, -0.2) is 0 Å². The molecule has 0 radical (unpaired) electrons. The fraction of sp³-hybridized carbons (Fsp3) is 0.300. The van der Waals surface area contributed by atoms with Crippen LogP contribution in [0.15, 0.2) is 29.3 Å². The molecule has 0 saturated heterocycles. The Morgan fingerprint density at radius 1 is 1.27 bits per heavy atom. The lowest BCUT2D eigenvalue weighted by Crippen LogP contribution is -2.08. The fourth-order valence-corrected chi connectivity index (χ4v) is 1.52. The molecule has 0 saturated carbocycles. The number of nitrogens with zero attached hydrogens (tertiary/aromatic N) is 1. The Balaban J connectivity index is 2.56. The molecule has 0 atom stereocenters. The van der Waals surface area contributed by atoms with Crippen molar-refractivity contribution in [3.8, 4) is 0 Å². The molecule has 0 fully saturated rings. The van der Waals surface area contributed by atoms with E-state index in [1.165, 1.54) is 16.8 Å². The van der Waals surface area contributed by atoms with Crippen LogP contribution < -0.4 is 0 Å². The van der Waals surface area contributed by atoms with E-state index in [9.17, 15) is 0 Å². The molecular weight excluding hydrogens is 134 g/mol. The monoisotopic (exact) mass is 145 g/mol. The first kappa shape index (κ1) is 6.59. The summed E-state index contributed by atoms with van der Waals surface area (Å²) in [5.74, 6) is 0. The van der Waals surface area contributed by atoms with Gasteiger partial charge in [-0.05, 0) is 24.5 Å². The lowest BCUT2D eigenvalue weighted by molar-refractivity contribution is 0.942. The van der Waals surface area contributed by atoms with Gasteiger partial charge in [-0.15, -0.1) is 0 Å². The molecule has 0 amide bonds. The normalized spacial score (nSPS) is 15.5. The highest BCUT2D eigenvalue weighted by Crippen LogP contribution is 2.14. The van der Waals surface area contributed by atoms with Crippen molar-refractivity contribution in [1.29, 1.82) is 0 Å². The van der Waals surface area contributed by atoms with Crippen molar-refractivity contribution in [2.45, 2.75) is 13.3 Å². The van der Waals surface area contributed by atoms with Crippen LogP contribution in [0.2, 0.25) is 0 Å². The number of hydrogen-bond acceptors (Lipinski definition) is 1. The molecular formula is C10H11N. The summed E-state index contributed by atoms with van der Waals surface area (Å²) in [6, 6.07) is 8.50. The van der Waals surface area contributed by atoms with Gasteiger partial charge < -0.3 is 0 Å². The summed E-state index contributed by atoms with van der Waals surface area (Å²) in [6.07, 6.45) is 1.10. The molecule has 2 rings (SSSR count). The highest BCUT2D eigenvalue weighted by Gasteiger charge is 2.07. The van der Waals surface area contributed by atoms with E-state index in [2.05, 4.69) is 36.2 Å². The van der Waals surface area contributed by atoms with E-state index in [4.69, 9.17) is 0 Å². The van der Waals surface area contributed by atoms with Crippen molar-refractivity contribution in [3.05, 3.63) is 35.4 Å². The van der Waals surface area contributed by atoms with Gasteiger partial charge >= 0.3 is 0 Å². The minimum atomic E-state index is 0.961. The molecule has 1 aromatic carbocycles. The summed E-state index contributed by atoms with van der Waals surface area (Å²) in [5.41, 5.74) is 3.96. The lowest BCUT2D eigenvalue weighted by atomic mass is 9.99. The summed E-state index contributed by atoms with van der Waals surface area (Å²) in [5, 5.41) is 0. The van der Waals surface area contributed by atoms with Crippen LogP contribution >= 0.6 is 0 Å². The average Bonchev–Trinajstić information content (AvgIpc) is 2.06. The van der Waals surface area contributed by atoms with Crippen LogP contribution in [0.5, 0.6) is 0 Å². The molecule has 0 aliphatic carbocycles. The maximum Gasteiger partial charge on any atom is 0.0433 e. The van der Waals surface area contributed by atoms with E-state index in [-0.39, 0.29) is 0 Å². The van der Waals surface area contributed by atoms with Crippen LogP contribution in [-0.4, -0.2) is 12.3 Å². The Morgan fingerprint density at radius 2 is 2.09 bits per heavy atom. The molecule has 1 heterocycles. The van der Waals surface area contributed by atoms with Gasteiger partial charge in [0.15, 0.2) is 0 Å². The SMILES string of the molecule is CC1=NCCc2ccccc21. The van der Waals surface area contributed by atoms with Gasteiger partial charge in [0, 0.05) is 12.3 Å². The Bertz CT molecular complexity index is 299. The Morgan fingerprint density at radius 3 is 2.91 bits per heavy atom. The maximum absolute atomic E-state index is 4.39. The first-order valence-electron chi connectivity index (χ1n) is 3.97. The lowest BCUT2D eigenvalue weighted by Gasteiger charge is -2.12.